The maximum atomic E-state index is 11.2. The van der Waals surface area contributed by atoms with Crippen molar-refractivity contribution >= 4 is 76.9 Å². The van der Waals surface area contributed by atoms with Crippen LogP contribution in [0.25, 0.3) is 16.3 Å². The van der Waals surface area contributed by atoms with Crippen LogP contribution in [0.4, 0.5) is 5.69 Å². The second-order valence-corrected chi connectivity index (χ2v) is 14.4. The molecular weight excluding hydrogens is 592 g/mol. The van der Waals surface area contributed by atoms with E-state index in [1.165, 1.54) is 0 Å². The molecule has 0 amide bonds. The molecule has 0 unspecified atom stereocenters. The predicted octanol–water partition coefficient (Wildman–Crippen LogP) is 4.75. The number of aromatic nitrogens is 1. The number of thiazole rings is 1. The van der Waals surface area contributed by atoms with Gasteiger partial charge in [0, 0.05) is 28.6 Å². The number of anilines is 1. The van der Waals surface area contributed by atoms with Crippen LogP contribution in [0.2, 0.25) is 5.02 Å². The average molecular weight is 619 g/mol. The van der Waals surface area contributed by atoms with Crippen LogP contribution in [-0.2, 0) is 26.8 Å². The van der Waals surface area contributed by atoms with Gasteiger partial charge in [0.05, 0.1) is 45.8 Å². The van der Waals surface area contributed by atoms with E-state index in [1.54, 1.807) is 30.2 Å². The minimum atomic E-state index is -4.27. The monoisotopic (exact) mass is 618 g/mol. The van der Waals surface area contributed by atoms with Gasteiger partial charge in [0.2, 0.25) is 5.52 Å². The minimum absolute atomic E-state index is 0.259. The van der Waals surface area contributed by atoms with E-state index in [-0.39, 0.29) is 12.2 Å². The number of methoxy groups -OCH3 is 1. The van der Waals surface area contributed by atoms with Crippen LogP contribution >= 0.6 is 34.7 Å². The first-order valence-corrected chi connectivity index (χ1v) is 17.0. The standard InChI is InChI=1S/C24H27ClN2O7S4/c1-34-18-7-9-22-20(15-18)27(11-3-5-13-38(31,32)33)24(36-22)16-23-26(10-2-4-12-37(28,29)30)19-14-17(25)6-8-21(19)35-23/h6-9,14-16H,2-5,10-13H2,1H3,(H-,28,29,30,31,32,33). The van der Waals surface area contributed by atoms with E-state index in [0.717, 1.165) is 30.8 Å². The van der Waals surface area contributed by atoms with Crippen molar-refractivity contribution in [3.8, 4) is 5.75 Å². The quantitative estimate of drug-likeness (QED) is 0.174. The molecule has 0 saturated carbocycles. The Bertz CT molecular complexity index is 1570. The van der Waals surface area contributed by atoms with Crippen molar-refractivity contribution in [1.82, 2.24) is 0 Å². The van der Waals surface area contributed by atoms with Gasteiger partial charge in [-0.2, -0.15) is 13.0 Å². The zero-order valence-electron chi connectivity index (χ0n) is 20.5. The van der Waals surface area contributed by atoms with Crippen LogP contribution in [0, 0.1) is 0 Å². The Balaban J connectivity index is 1.67. The minimum Gasteiger partial charge on any atom is -0.748 e. The molecule has 4 rings (SSSR count). The van der Waals surface area contributed by atoms with Crippen molar-refractivity contribution in [2.75, 3.05) is 30.1 Å². The van der Waals surface area contributed by atoms with Gasteiger partial charge < -0.3 is 14.2 Å². The lowest BCUT2D eigenvalue weighted by molar-refractivity contribution is -0.669. The Hall–Kier alpha value is -1.87. The molecule has 0 saturated heterocycles. The molecule has 2 heterocycles. The maximum absolute atomic E-state index is 11.2. The molecule has 1 aliphatic heterocycles. The van der Waals surface area contributed by atoms with Gasteiger partial charge in [0.15, 0.2) is 6.54 Å². The molecule has 0 radical (unpaired) electrons. The molecular formula is C24H27ClN2O7S4. The molecule has 2 aromatic carbocycles. The highest BCUT2D eigenvalue weighted by Crippen LogP contribution is 2.48. The van der Waals surface area contributed by atoms with Crippen molar-refractivity contribution in [1.29, 1.82) is 0 Å². The van der Waals surface area contributed by atoms with Gasteiger partial charge in [-0.25, -0.2) is 8.42 Å². The Kier molecular flexibility index (Phi) is 9.28. The number of hydrogen-bond donors (Lipinski definition) is 1. The van der Waals surface area contributed by atoms with Crippen molar-refractivity contribution < 1.29 is 35.2 Å². The van der Waals surface area contributed by atoms with Crippen LogP contribution in [-0.4, -0.2) is 51.1 Å². The molecule has 1 aliphatic rings. The normalized spacial score (nSPS) is 14.9. The highest BCUT2D eigenvalue weighted by molar-refractivity contribution is 8.04. The molecule has 38 heavy (non-hydrogen) atoms. The van der Waals surface area contributed by atoms with E-state index in [0.29, 0.717) is 43.1 Å². The number of rotatable bonds is 12. The first kappa shape index (κ1) is 29.1. The average Bonchev–Trinajstić information content (AvgIpc) is 3.34. The fourth-order valence-electron chi connectivity index (χ4n) is 4.17. The largest absolute Gasteiger partial charge is 0.748 e. The predicted molar refractivity (Wildman–Crippen MR) is 151 cm³/mol. The van der Waals surface area contributed by atoms with Crippen molar-refractivity contribution in [3.05, 3.63) is 51.5 Å². The van der Waals surface area contributed by atoms with E-state index in [1.807, 2.05) is 36.4 Å². The highest BCUT2D eigenvalue weighted by atomic mass is 35.5. The summed E-state index contributed by atoms with van der Waals surface area (Å²) in [6.45, 7) is 1.04. The topological polar surface area (TPSA) is 128 Å². The third-order valence-corrected chi connectivity index (χ3v) is 9.99. The Morgan fingerprint density at radius 1 is 1.08 bits per heavy atom. The molecule has 0 bridgehead atoms. The number of halogens is 1. The maximum Gasteiger partial charge on any atom is 0.265 e. The van der Waals surface area contributed by atoms with Crippen LogP contribution in [0.15, 0.2) is 46.3 Å². The summed E-state index contributed by atoms with van der Waals surface area (Å²) in [6.07, 6.45) is 3.68. The molecule has 0 spiro atoms. The summed E-state index contributed by atoms with van der Waals surface area (Å²) in [5.41, 5.74) is 1.87. The van der Waals surface area contributed by atoms with Gasteiger partial charge in [-0.15, -0.1) is 0 Å². The lowest BCUT2D eigenvalue weighted by Crippen LogP contribution is -2.35. The first-order chi connectivity index (χ1) is 17.9. The molecule has 0 fully saturated rings. The lowest BCUT2D eigenvalue weighted by Gasteiger charge is -2.20. The molecule has 1 aromatic heterocycles. The molecule has 14 heteroatoms. The molecule has 3 aromatic rings. The highest BCUT2D eigenvalue weighted by Gasteiger charge is 2.28. The summed E-state index contributed by atoms with van der Waals surface area (Å²) in [7, 11) is -6.70. The number of aryl methyl sites for hydroxylation is 1. The van der Waals surface area contributed by atoms with Gasteiger partial charge in [-0.3, -0.25) is 4.55 Å². The van der Waals surface area contributed by atoms with Gasteiger partial charge in [-0.05, 0) is 49.6 Å². The number of thioether (sulfide) groups is 1. The molecule has 0 aliphatic carbocycles. The third-order valence-electron chi connectivity index (χ3n) is 5.94. The Morgan fingerprint density at radius 2 is 1.84 bits per heavy atom. The summed E-state index contributed by atoms with van der Waals surface area (Å²) < 4.78 is 73.1. The van der Waals surface area contributed by atoms with E-state index in [9.17, 15) is 21.4 Å². The summed E-state index contributed by atoms with van der Waals surface area (Å²) >= 11 is 9.44. The molecule has 1 N–H and O–H groups in total. The second-order valence-electron chi connectivity index (χ2n) is 8.74. The first-order valence-electron chi connectivity index (χ1n) is 11.8. The summed E-state index contributed by atoms with van der Waals surface area (Å²) in [4.78, 5) is 3.11. The number of hydrogen-bond acceptors (Lipinski definition) is 9. The van der Waals surface area contributed by atoms with Crippen LogP contribution in [0.5, 0.6) is 5.75 Å². The lowest BCUT2D eigenvalue weighted by atomic mass is 10.2. The van der Waals surface area contributed by atoms with Crippen molar-refractivity contribution in [3.63, 3.8) is 0 Å². The van der Waals surface area contributed by atoms with E-state index in [4.69, 9.17) is 20.9 Å². The number of nitrogens with zero attached hydrogens (tertiary/aromatic N) is 2. The van der Waals surface area contributed by atoms with Gasteiger partial charge in [-0.1, -0.05) is 34.7 Å². The van der Waals surface area contributed by atoms with Gasteiger partial charge in [0.1, 0.15) is 10.4 Å². The van der Waals surface area contributed by atoms with Crippen LogP contribution in [0.3, 0.4) is 0 Å². The summed E-state index contributed by atoms with van der Waals surface area (Å²) in [5.74, 6) is -0.00573. The number of unbranched alkanes of at least 4 members (excludes halogenated alkanes) is 2. The molecule has 206 valence electrons. The number of fused-ring (bicyclic) bond motifs is 2. The second kappa shape index (κ2) is 12.1. The smallest absolute Gasteiger partial charge is 0.265 e. The summed E-state index contributed by atoms with van der Waals surface area (Å²) in [5, 5.41) is 2.46. The molecule has 9 nitrogen and oxygen atoms in total. The Morgan fingerprint density at radius 3 is 2.55 bits per heavy atom. The van der Waals surface area contributed by atoms with Crippen molar-refractivity contribution in [2.24, 2.45) is 0 Å². The van der Waals surface area contributed by atoms with Crippen molar-refractivity contribution in [2.45, 2.75) is 37.1 Å². The fourth-order valence-corrected chi connectivity index (χ4v) is 7.75. The number of benzene rings is 2. The van der Waals surface area contributed by atoms with Crippen LogP contribution in [0.1, 0.15) is 30.7 Å². The Labute approximate surface area is 235 Å². The van der Waals surface area contributed by atoms with Crippen LogP contribution < -0.4 is 14.2 Å². The molecule has 0 atom stereocenters. The number of ether oxygens (including phenoxy) is 1. The SMILES string of the molecule is COc1ccc2sc(C=C3Sc4ccc(Cl)cc4N3CCCCS(=O)(=O)O)[n+](CCCCS(=O)(=O)[O-])c2c1. The van der Waals surface area contributed by atoms with E-state index >= 15 is 0 Å². The summed E-state index contributed by atoms with van der Waals surface area (Å²) in [6, 6.07) is 11.4. The third kappa shape index (κ3) is 7.62. The zero-order chi connectivity index (χ0) is 27.5. The van der Waals surface area contributed by atoms with Gasteiger partial charge >= 0.3 is 0 Å². The van der Waals surface area contributed by atoms with Gasteiger partial charge in [0.25, 0.3) is 15.1 Å². The zero-order valence-corrected chi connectivity index (χ0v) is 24.5. The fraction of sp³-hybridized carbons (Fsp3) is 0.375. The van der Waals surface area contributed by atoms with E-state index < -0.39 is 26.0 Å². The van der Waals surface area contributed by atoms with E-state index in [2.05, 4.69) is 15.5 Å².